The molecule has 100 valence electrons. The third-order valence-corrected chi connectivity index (χ3v) is 3.23. The normalized spacial score (nSPS) is 21.9. The smallest absolute Gasteiger partial charge is 0.338 e. The summed E-state index contributed by atoms with van der Waals surface area (Å²) < 4.78 is 10.2. The highest BCUT2D eigenvalue weighted by atomic mass is 16.5. The fourth-order valence-electron chi connectivity index (χ4n) is 2.18. The van der Waals surface area contributed by atoms with Gasteiger partial charge in [-0.2, -0.15) is 0 Å². The summed E-state index contributed by atoms with van der Waals surface area (Å²) in [5, 5.41) is 0. The van der Waals surface area contributed by atoms with Crippen molar-refractivity contribution >= 4 is 17.3 Å². The Labute approximate surface area is 112 Å². The Morgan fingerprint density at radius 3 is 2.53 bits per heavy atom. The summed E-state index contributed by atoms with van der Waals surface area (Å²) in [5.74, 6) is -0.352. The van der Waals surface area contributed by atoms with Crippen molar-refractivity contribution in [1.29, 1.82) is 0 Å². The summed E-state index contributed by atoms with van der Waals surface area (Å²) in [7, 11) is 2.99. The third kappa shape index (κ3) is 2.44. The molecular formula is C15H17NO3. The SMILES string of the molecule is COC(=O)c1ccccc1C1=CC(C)(OC)N=C1C. The van der Waals surface area contributed by atoms with E-state index in [0.29, 0.717) is 5.56 Å². The van der Waals surface area contributed by atoms with E-state index in [1.807, 2.05) is 38.1 Å². The predicted octanol–water partition coefficient (Wildman–Crippen LogP) is 2.69. The zero-order valence-electron chi connectivity index (χ0n) is 11.6. The highest BCUT2D eigenvalue weighted by molar-refractivity contribution is 6.26. The number of carbonyl (C=O) groups is 1. The molecule has 0 bridgehead atoms. The molecule has 1 aliphatic heterocycles. The number of benzene rings is 1. The third-order valence-electron chi connectivity index (χ3n) is 3.23. The first kappa shape index (κ1) is 13.5. The van der Waals surface area contributed by atoms with E-state index >= 15 is 0 Å². The molecule has 1 aromatic rings. The Balaban J connectivity index is 2.53. The van der Waals surface area contributed by atoms with Crippen LogP contribution in [0.2, 0.25) is 0 Å². The molecule has 2 rings (SSSR count). The van der Waals surface area contributed by atoms with Crippen LogP contribution in [0, 0.1) is 0 Å². The number of hydrogen-bond donors (Lipinski definition) is 0. The lowest BCUT2D eigenvalue weighted by atomic mass is 9.96. The van der Waals surface area contributed by atoms with Crippen molar-refractivity contribution in [1.82, 2.24) is 0 Å². The van der Waals surface area contributed by atoms with Gasteiger partial charge in [-0.1, -0.05) is 18.2 Å². The lowest BCUT2D eigenvalue weighted by Crippen LogP contribution is -2.18. The fraction of sp³-hybridized carbons (Fsp3) is 0.333. The molecule has 0 N–H and O–H groups in total. The molecule has 0 saturated carbocycles. The van der Waals surface area contributed by atoms with Gasteiger partial charge in [0.05, 0.1) is 12.7 Å². The van der Waals surface area contributed by atoms with E-state index in [1.54, 1.807) is 13.2 Å². The van der Waals surface area contributed by atoms with E-state index in [2.05, 4.69) is 4.99 Å². The molecule has 1 unspecified atom stereocenters. The summed E-state index contributed by atoms with van der Waals surface area (Å²) in [6.07, 6.45) is 1.92. The molecule has 1 aromatic carbocycles. The number of hydrogen-bond acceptors (Lipinski definition) is 4. The van der Waals surface area contributed by atoms with Gasteiger partial charge in [-0.15, -0.1) is 0 Å². The molecule has 0 amide bonds. The Morgan fingerprint density at radius 2 is 1.95 bits per heavy atom. The number of ether oxygens (including phenoxy) is 2. The zero-order chi connectivity index (χ0) is 14.0. The van der Waals surface area contributed by atoms with Gasteiger partial charge in [0.1, 0.15) is 0 Å². The van der Waals surface area contributed by atoms with E-state index in [-0.39, 0.29) is 5.97 Å². The summed E-state index contributed by atoms with van der Waals surface area (Å²) in [6.45, 7) is 3.79. The number of methoxy groups -OCH3 is 2. The Kier molecular flexibility index (Phi) is 3.53. The van der Waals surface area contributed by atoms with Crippen molar-refractivity contribution in [3.05, 3.63) is 41.5 Å². The van der Waals surface area contributed by atoms with Gasteiger partial charge in [0, 0.05) is 18.4 Å². The molecular weight excluding hydrogens is 242 g/mol. The van der Waals surface area contributed by atoms with Gasteiger partial charge >= 0.3 is 5.97 Å². The topological polar surface area (TPSA) is 47.9 Å². The fourth-order valence-corrected chi connectivity index (χ4v) is 2.18. The first-order chi connectivity index (χ1) is 9.00. The van der Waals surface area contributed by atoms with Gasteiger partial charge < -0.3 is 9.47 Å². The molecule has 1 heterocycles. The minimum atomic E-state index is -0.664. The average molecular weight is 259 g/mol. The summed E-state index contributed by atoms with van der Waals surface area (Å²) >= 11 is 0. The second-order valence-corrected chi connectivity index (χ2v) is 4.55. The molecule has 1 atom stereocenters. The average Bonchev–Trinajstić information content (AvgIpc) is 2.74. The van der Waals surface area contributed by atoms with Crippen LogP contribution in [0.5, 0.6) is 0 Å². The van der Waals surface area contributed by atoms with Gasteiger partial charge in [0.15, 0.2) is 5.72 Å². The van der Waals surface area contributed by atoms with Gasteiger partial charge in [0.2, 0.25) is 0 Å². The van der Waals surface area contributed by atoms with Crippen molar-refractivity contribution in [2.75, 3.05) is 14.2 Å². The highest BCUT2D eigenvalue weighted by Gasteiger charge is 2.29. The first-order valence-electron chi connectivity index (χ1n) is 6.03. The van der Waals surface area contributed by atoms with E-state index in [1.165, 1.54) is 7.11 Å². The van der Waals surface area contributed by atoms with E-state index in [4.69, 9.17) is 9.47 Å². The monoisotopic (exact) mass is 259 g/mol. The second kappa shape index (κ2) is 4.97. The number of carbonyl (C=O) groups excluding carboxylic acids is 1. The molecule has 1 aliphatic rings. The number of aliphatic imine (C=N–C) groups is 1. The lowest BCUT2D eigenvalue weighted by Gasteiger charge is -2.15. The largest absolute Gasteiger partial charge is 0.465 e. The molecule has 4 heteroatoms. The van der Waals surface area contributed by atoms with Crippen molar-refractivity contribution in [2.24, 2.45) is 4.99 Å². The highest BCUT2D eigenvalue weighted by Crippen LogP contribution is 2.32. The van der Waals surface area contributed by atoms with Crippen LogP contribution in [-0.4, -0.2) is 31.6 Å². The van der Waals surface area contributed by atoms with E-state index in [0.717, 1.165) is 16.8 Å². The van der Waals surface area contributed by atoms with Crippen LogP contribution < -0.4 is 0 Å². The summed E-state index contributed by atoms with van der Waals surface area (Å²) in [6, 6.07) is 7.34. The molecule has 0 saturated heterocycles. The van der Waals surface area contributed by atoms with Crippen LogP contribution in [0.25, 0.3) is 5.57 Å². The van der Waals surface area contributed by atoms with Crippen LogP contribution in [0.4, 0.5) is 0 Å². The summed E-state index contributed by atoms with van der Waals surface area (Å²) in [4.78, 5) is 16.3. The quantitative estimate of drug-likeness (QED) is 0.784. The van der Waals surface area contributed by atoms with Crippen LogP contribution in [-0.2, 0) is 9.47 Å². The molecule has 0 aliphatic carbocycles. The first-order valence-corrected chi connectivity index (χ1v) is 6.03. The molecule has 0 radical (unpaired) electrons. The maximum atomic E-state index is 11.8. The standard InChI is InChI=1S/C15H17NO3/c1-10-13(9-15(2,16-10)19-4)11-7-5-6-8-12(11)14(17)18-3/h5-9H,1-4H3. The van der Waals surface area contributed by atoms with Crippen LogP contribution in [0.15, 0.2) is 35.3 Å². The number of esters is 1. The van der Waals surface area contributed by atoms with E-state index < -0.39 is 5.72 Å². The van der Waals surface area contributed by atoms with Gasteiger partial charge in [-0.3, -0.25) is 4.99 Å². The van der Waals surface area contributed by atoms with Crippen molar-refractivity contribution < 1.29 is 14.3 Å². The van der Waals surface area contributed by atoms with Crippen molar-refractivity contribution in [3.8, 4) is 0 Å². The zero-order valence-corrected chi connectivity index (χ0v) is 11.6. The summed E-state index contributed by atoms with van der Waals surface area (Å²) in [5.41, 5.74) is 2.44. The van der Waals surface area contributed by atoms with Crippen molar-refractivity contribution in [3.63, 3.8) is 0 Å². The lowest BCUT2D eigenvalue weighted by molar-refractivity contribution is 0.0590. The second-order valence-electron chi connectivity index (χ2n) is 4.55. The van der Waals surface area contributed by atoms with Crippen LogP contribution >= 0.6 is 0 Å². The molecule has 0 spiro atoms. The van der Waals surface area contributed by atoms with Crippen molar-refractivity contribution in [2.45, 2.75) is 19.6 Å². The minimum absolute atomic E-state index is 0.352. The molecule has 0 fully saturated rings. The predicted molar refractivity (Wildman–Crippen MR) is 74.3 cm³/mol. The number of nitrogens with zero attached hydrogens (tertiary/aromatic N) is 1. The Bertz CT molecular complexity index is 575. The number of allylic oxidation sites excluding steroid dienone is 1. The molecule has 4 nitrogen and oxygen atoms in total. The number of rotatable bonds is 3. The van der Waals surface area contributed by atoms with Crippen LogP contribution in [0.1, 0.15) is 29.8 Å². The molecule has 0 aromatic heterocycles. The van der Waals surface area contributed by atoms with Gasteiger partial charge in [-0.05, 0) is 31.6 Å². The van der Waals surface area contributed by atoms with Crippen LogP contribution in [0.3, 0.4) is 0 Å². The maximum absolute atomic E-state index is 11.8. The Hall–Kier alpha value is -1.94. The maximum Gasteiger partial charge on any atom is 0.338 e. The van der Waals surface area contributed by atoms with Gasteiger partial charge in [0.25, 0.3) is 0 Å². The van der Waals surface area contributed by atoms with E-state index in [9.17, 15) is 4.79 Å². The van der Waals surface area contributed by atoms with Gasteiger partial charge in [-0.25, -0.2) is 4.79 Å². The minimum Gasteiger partial charge on any atom is -0.465 e. The Morgan fingerprint density at radius 1 is 1.26 bits per heavy atom. The molecule has 19 heavy (non-hydrogen) atoms.